The number of rotatable bonds is 5. The topological polar surface area (TPSA) is 76.8 Å². The molecular weight excluding hydrogens is 457 g/mol. The van der Waals surface area contributed by atoms with Crippen molar-refractivity contribution in [2.75, 3.05) is 10.6 Å². The molecule has 0 saturated heterocycles. The highest BCUT2D eigenvalue weighted by Crippen LogP contribution is 2.43. The first-order chi connectivity index (χ1) is 16.8. The third-order valence-electron chi connectivity index (χ3n) is 6.11. The number of carbonyl (C=O) groups excluding carboxylic acids is 1. The van der Waals surface area contributed by atoms with Gasteiger partial charge >= 0.3 is 6.18 Å². The Kier molecular flexibility index (Phi) is 5.80. The highest BCUT2D eigenvalue weighted by atomic mass is 19.4. The maximum absolute atomic E-state index is 13.9. The maximum Gasteiger partial charge on any atom is 0.410 e. The summed E-state index contributed by atoms with van der Waals surface area (Å²) < 4.78 is 44.2. The minimum atomic E-state index is -4.51. The smallest absolute Gasteiger partial charge is 0.363 e. The van der Waals surface area contributed by atoms with Crippen molar-refractivity contribution in [1.82, 2.24) is 19.6 Å². The van der Waals surface area contributed by atoms with Gasteiger partial charge in [0.15, 0.2) is 11.7 Å². The fourth-order valence-corrected chi connectivity index (χ4v) is 4.26. The van der Waals surface area contributed by atoms with Gasteiger partial charge in [0, 0.05) is 18.7 Å². The molecule has 1 aliphatic rings. The van der Waals surface area contributed by atoms with Crippen molar-refractivity contribution in [3.8, 4) is 0 Å². The number of nitrogens with zero attached hydrogens (tertiary/aromatic N) is 4. The minimum absolute atomic E-state index is 0.109. The van der Waals surface area contributed by atoms with Crippen LogP contribution in [-0.4, -0.2) is 31.6 Å². The van der Waals surface area contributed by atoms with E-state index < -0.39 is 24.2 Å². The predicted octanol–water partition coefficient (Wildman–Crippen LogP) is 5.35. The fourth-order valence-electron chi connectivity index (χ4n) is 4.26. The van der Waals surface area contributed by atoms with Crippen molar-refractivity contribution in [3.05, 3.63) is 95.4 Å². The van der Waals surface area contributed by atoms with Crippen molar-refractivity contribution in [2.45, 2.75) is 38.1 Å². The van der Waals surface area contributed by atoms with Crippen LogP contribution in [0.15, 0.2) is 73.1 Å². The highest BCUT2D eigenvalue weighted by molar-refractivity contribution is 6.03. The lowest BCUT2D eigenvalue weighted by molar-refractivity contribution is -0.173. The Bertz CT molecular complexity index is 1340. The number of nitrogens with one attached hydrogen (secondary N) is 2. The average molecular weight is 480 g/mol. The molecule has 0 aliphatic carbocycles. The zero-order valence-corrected chi connectivity index (χ0v) is 18.8. The van der Waals surface area contributed by atoms with Gasteiger partial charge in [0.05, 0.1) is 24.5 Å². The molecule has 0 spiro atoms. The Morgan fingerprint density at radius 1 is 1.14 bits per heavy atom. The number of hydrogen-bond donors (Lipinski definition) is 2. The van der Waals surface area contributed by atoms with Crippen molar-refractivity contribution >= 4 is 17.4 Å². The SMILES string of the molecule is Cc1ccccc1Cn1cc(NC(=O)c2cc3n(n2)[C@H](C(F)(F)F)C[C@H](c2ccccc2)N3)cn1. The molecule has 0 unspecified atom stereocenters. The van der Waals surface area contributed by atoms with E-state index in [4.69, 9.17) is 0 Å². The second kappa shape index (κ2) is 8.94. The van der Waals surface area contributed by atoms with Crippen LogP contribution in [-0.2, 0) is 6.54 Å². The third kappa shape index (κ3) is 4.77. The van der Waals surface area contributed by atoms with Gasteiger partial charge in [-0.05, 0) is 23.6 Å². The summed E-state index contributed by atoms with van der Waals surface area (Å²) in [5.74, 6) is -0.464. The summed E-state index contributed by atoms with van der Waals surface area (Å²) in [6.45, 7) is 2.53. The van der Waals surface area contributed by atoms with Gasteiger partial charge in [-0.25, -0.2) is 4.68 Å². The van der Waals surface area contributed by atoms with E-state index in [9.17, 15) is 18.0 Å². The van der Waals surface area contributed by atoms with Crippen LogP contribution in [0.5, 0.6) is 0 Å². The molecule has 7 nitrogen and oxygen atoms in total. The quantitative estimate of drug-likeness (QED) is 0.404. The number of hydrogen-bond acceptors (Lipinski definition) is 4. The summed E-state index contributed by atoms with van der Waals surface area (Å²) in [6.07, 6.45) is -1.58. The number of fused-ring (bicyclic) bond motifs is 1. The number of carbonyl (C=O) groups is 1. The van der Waals surface area contributed by atoms with E-state index >= 15 is 0 Å². The second-order valence-electron chi connectivity index (χ2n) is 8.57. The number of halogens is 3. The molecule has 2 aromatic heterocycles. The molecule has 3 heterocycles. The molecule has 0 saturated carbocycles. The van der Waals surface area contributed by atoms with Gasteiger partial charge in [0.2, 0.25) is 0 Å². The van der Waals surface area contributed by atoms with Crippen LogP contribution in [0.2, 0.25) is 0 Å². The molecule has 2 aromatic carbocycles. The molecule has 0 bridgehead atoms. The maximum atomic E-state index is 13.9. The number of benzene rings is 2. The summed E-state index contributed by atoms with van der Waals surface area (Å²) in [5, 5.41) is 14.0. The van der Waals surface area contributed by atoms with E-state index in [-0.39, 0.29) is 17.9 Å². The van der Waals surface area contributed by atoms with Gasteiger partial charge in [0.1, 0.15) is 5.82 Å². The lowest BCUT2D eigenvalue weighted by Crippen LogP contribution is -2.35. The molecule has 0 fully saturated rings. The van der Waals surface area contributed by atoms with Gasteiger partial charge in [-0.3, -0.25) is 9.48 Å². The second-order valence-corrected chi connectivity index (χ2v) is 8.57. The lowest BCUT2D eigenvalue weighted by Gasteiger charge is -2.33. The van der Waals surface area contributed by atoms with E-state index in [1.54, 1.807) is 35.1 Å². The minimum Gasteiger partial charge on any atom is -0.363 e. The fraction of sp³-hybridized carbons (Fsp3) is 0.240. The van der Waals surface area contributed by atoms with Crippen LogP contribution in [0.1, 0.15) is 45.7 Å². The van der Waals surface area contributed by atoms with E-state index in [0.717, 1.165) is 21.4 Å². The Balaban J connectivity index is 1.35. The molecule has 5 rings (SSSR count). The van der Waals surface area contributed by atoms with Crippen molar-refractivity contribution in [2.24, 2.45) is 0 Å². The third-order valence-corrected chi connectivity index (χ3v) is 6.11. The average Bonchev–Trinajstić information content (AvgIpc) is 3.46. The van der Waals surface area contributed by atoms with Crippen LogP contribution < -0.4 is 10.6 Å². The zero-order valence-electron chi connectivity index (χ0n) is 18.8. The largest absolute Gasteiger partial charge is 0.410 e. The van der Waals surface area contributed by atoms with Gasteiger partial charge in [0.25, 0.3) is 5.91 Å². The molecule has 1 aliphatic heterocycles. The Morgan fingerprint density at radius 3 is 2.63 bits per heavy atom. The molecule has 1 amide bonds. The molecule has 35 heavy (non-hydrogen) atoms. The molecule has 180 valence electrons. The van der Waals surface area contributed by atoms with Gasteiger partial charge in [-0.15, -0.1) is 0 Å². The summed E-state index contributed by atoms with van der Waals surface area (Å²) >= 11 is 0. The number of anilines is 2. The summed E-state index contributed by atoms with van der Waals surface area (Å²) in [7, 11) is 0. The van der Waals surface area contributed by atoms with E-state index in [0.29, 0.717) is 12.2 Å². The number of aromatic nitrogens is 4. The van der Waals surface area contributed by atoms with Gasteiger partial charge in [-0.1, -0.05) is 54.6 Å². The molecule has 4 aromatic rings. The van der Waals surface area contributed by atoms with Gasteiger partial charge < -0.3 is 10.6 Å². The molecule has 2 N–H and O–H groups in total. The van der Waals surface area contributed by atoms with Crippen LogP contribution in [0.4, 0.5) is 24.7 Å². The first kappa shape index (κ1) is 22.7. The van der Waals surface area contributed by atoms with Crippen LogP contribution in [0, 0.1) is 6.92 Å². The number of aryl methyl sites for hydroxylation is 1. The van der Waals surface area contributed by atoms with E-state index in [1.807, 2.05) is 37.3 Å². The molecular formula is C25H23F3N6O. The van der Waals surface area contributed by atoms with Crippen LogP contribution >= 0.6 is 0 Å². The Labute approximate surface area is 199 Å². The first-order valence-electron chi connectivity index (χ1n) is 11.1. The van der Waals surface area contributed by atoms with Crippen LogP contribution in [0.3, 0.4) is 0 Å². The molecule has 10 heteroatoms. The number of alkyl halides is 3. The van der Waals surface area contributed by atoms with Crippen molar-refractivity contribution in [3.63, 3.8) is 0 Å². The lowest BCUT2D eigenvalue weighted by atomic mass is 9.97. The monoisotopic (exact) mass is 480 g/mol. The highest BCUT2D eigenvalue weighted by Gasteiger charge is 2.46. The van der Waals surface area contributed by atoms with Crippen molar-refractivity contribution < 1.29 is 18.0 Å². The van der Waals surface area contributed by atoms with E-state index in [2.05, 4.69) is 20.8 Å². The number of amides is 1. The predicted molar refractivity (Wildman–Crippen MR) is 125 cm³/mol. The first-order valence-corrected chi connectivity index (χ1v) is 11.1. The normalized spacial score (nSPS) is 17.5. The van der Waals surface area contributed by atoms with E-state index in [1.165, 1.54) is 12.3 Å². The zero-order chi connectivity index (χ0) is 24.6. The molecule has 2 atom stereocenters. The van der Waals surface area contributed by atoms with Gasteiger partial charge in [-0.2, -0.15) is 23.4 Å². The Hall–Kier alpha value is -4.08. The Morgan fingerprint density at radius 2 is 1.89 bits per heavy atom. The summed E-state index contributed by atoms with van der Waals surface area (Å²) in [4.78, 5) is 12.8. The van der Waals surface area contributed by atoms with Crippen LogP contribution in [0.25, 0.3) is 0 Å². The molecule has 0 radical (unpaired) electrons. The summed E-state index contributed by atoms with van der Waals surface area (Å²) in [6, 6.07) is 15.8. The standard InChI is InChI=1S/C25H23F3N6O/c1-16-7-5-6-10-18(16)14-33-15-19(13-29-33)30-24(35)21-12-23-31-20(17-8-3-2-4-9-17)11-22(25(26,27)28)34(23)32-21/h2-10,12-13,15,20,22,31H,11,14H2,1H3,(H,30,35)/t20-,22+/m1/s1. The van der Waals surface area contributed by atoms with Crippen molar-refractivity contribution in [1.29, 1.82) is 0 Å². The summed E-state index contributed by atoms with van der Waals surface area (Å²) in [5.41, 5.74) is 3.27.